The van der Waals surface area contributed by atoms with Crippen molar-refractivity contribution < 1.29 is 9.59 Å². The molecule has 0 spiro atoms. The van der Waals surface area contributed by atoms with Crippen LogP contribution in [0.2, 0.25) is 0 Å². The average molecular weight is 244 g/mol. The number of nitrogens with two attached hydrogens (primary N) is 1. The molecule has 1 aromatic heterocycles. The second kappa shape index (κ2) is 5.49. The van der Waals surface area contributed by atoms with Crippen LogP contribution in [0.15, 0.2) is 30.5 Å². The highest BCUT2D eigenvalue weighted by Gasteiger charge is 2.06. The van der Waals surface area contributed by atoms with E-state index in [9.17, 15) is 9.59 Å². The van der Waals surface area contributed by atoms with Gasteiger partial charge in [-0.05, 0) is 18.9 Å². The number of carbonyl (C=O) groups is 2. The maximum absolute atomic E-state index is 11.0. The third-order valence-corrected chi connectivity index (χ3v) is 3.02. The predicted octanol–water partition coefficient (Wildman–Crippen LogP) is 2.11. The largest absolute Gasteiger partial charge is 0.370 e. The highest BCUT2D eigenvalue weighted by atomic mass is 16.1. The fourth-order valence-electron chi connectivity index (χ4n) is 2.14. The Bertz CT molecular complexity index is 572. The van der Waals surface area contributed by atoms with Gasteiger partial charge in [0.05, 0.1) is 0 Å². The Labute approximate surface area is 105 Å². The molecule has 4 heteroatoms. The van der Waals surface area contributed by atoms with Crippen molar-refractivity contribution in [1.82, 2.24) is 4.57 Å². The Morgan fingerprint density at radius 1 is 1.28 bits per heavy atom. The first-order valence-electron chi connectivity index (χ1n) is 6.03. The molecule has 1 heterocycles. The molecular formula is C14H16N2O2. The number of para-hydroxylation sites is 1. The number of fused-ring (bicyclic) bond motifs is 1. The number of aldehydes is 1. The van der Waals surface area contributed by atoms with Gasteiger partial charge in [-0.1, -0.05) is 18.2 Å². The van der Waals surface area contributed by atoms with Crippen LogP contribution in [0, 0.1) is 0 Å². The smallest absolute Gasteiger partial charge is 0.217 e. The minimum absolute atomic E-state index is 0.263. The number of benzene rings is 1. The van der Waals surface area contributed by atoms with Gasteiger partial charge in [0.25, 0.3) is 0 Å². The van der Waals surface area contributed by atoms with E-state index in [2.05, 4.69) is 4.57 Å². The monoisotopic (exact) mass is 244 g/mol. The molecule has 2 aromatic rings. The van der Waals surface area contributed by atoms with Crippen molar-refractivity contribution >= 4 is 23.1 Å². The molecule has 0 atom stereocenters. The van der Waals surface area contributed by atoms with Crippen molar-refractivity contribution in [3.63, 3.8) is 0 Å². The van der Waals surface area contributed by atoms with E-state index in [1.807, 2.05) is 30.5 Å². The fourth-order valence-corrected chi connectivity index (χ4v) is 2.14. The SMILES string of the molecule is NC(=O)CCCCn1cc(C=O)c2ccccc21. The van der Waals surface area contributed by atoms with Crippen LogP contribution < -0.4 is 5.73 Å². The highest BCUT2D eigenvalue weighted by molar-refractivity contribution is 5.97. The number of aryl methyl sites for hydroxylation is 1. The zero-order chi connectivity index (χ0) is 13.0. The number of hydrogen-bond acceptors (Lipinski definition) is 2. The van der Waals surface area contributed by atoms with E-state index in [-0.39, 0.29) is 5.91 Å². The van der Waals surface area contributed by atoms with E-state index >= 15 is 0 Å². The number of nitrogens with zero attached hydrogens (tertiary/aromatic N) is 1. The average Bonchev–Trinajstić information content (AvgIpc) is 2.73. The summed E-state index contributed by atoms with van der Waals surface area (Å²) >= 11 is 0. The molecule has 18 heavy (non-hydrogen) atoms. The molecule has 4 nitrogen and oxygen atoms in total. The quantitative estimate of drug-likeness (QED) is 0.624. The minimum atomic E-state index is -0.263. The lowest BCUT2D eigenvalue weighted by Gasteiger charge is -2.04. The van der Waals surface area contributed by atoms with Crippen molar-refractivity contribution in [2.75, 3.05) is 0 Å². The molecule has 1 amide bonds. The molecule has 0 saturated carbocycles. The molecule has 0 aliphatic heterocycles. The molecule has 0 aliphatic carbocycles. The van der Waals surface area contributed by atoms with Crippen LogP contribution in [0.1, 0.15) is 29.6 Å². The summed E-state index contributed by atoms with van der Waals surface area (Å²) < 4.78 is 2.06. The molecule has 2 N–H and O–H groups in total. The summed E-state index contributed by atoms with van der Waals surface area (Å²) in [6, 6.07) is 7.82. The molecule has 0 aliphatic rings. The van der Waals surface area contributed by atoms with E-state index in [1.165, 1.54) is 0 Å². The molecule has 0 saturated heterocycles. The van der Waals surface area contributed by atoms with Crippen LogP contribution in [-0.2, 0) is 11.3 Å². The number of unbranched alkanes of at least 4 members (excludes halogenated alkanes) is 1. The molecule has 94 valence electrons. The van der Waals surface area contributed by atoms with Gasteiger partial charge in [-0.3, -0.25) is 9.59 Å². The maximum Gasteiger partial charge on any atom is 0.217 e. The van der Waals surface area contributed by atoms with Gasteiger partial charge in [0, 0.05) is 35.6 Å². The predicted molar refractivity (Wildman–Crippen MR) is 70.4 cm³/mol. The first kappa shape index (κ1) is 12.4. The Hall–Kier alpha value is -2.10. The molecule has 0 radical (unpaired) electrons. The molecule has 0 bridgehead atoms. The van der Waals surface area contributed by atoms with Crippen molar-refractivity contribution in [3.05, 3.63) is 36.0 Å². The Morgan fingerprint density at radius 2 is 2.06 bits per heavy atom. The summed E-state index contributed by atoms with van der Waals surface area (Å²) in [7, 11) is 0. The van der Waals surface area contributed by atoms with Crippen molar-refractivity contribution in [2.45, 2.75) is 25.8 Å². The highest BCUT2D eigenvalue weighted by Crippen LogP contribution is 2.20. The van der Waals surface area contributed by atoms with E-state index in [1.54, 1.807) is 0 Å². The molecule has 0 fully saturated rings. The minimum Gasteiger partial charge on any atom is -0.370 e. The number of hydrogen-bond donors (Lipinski definition) is 1. The lowest BCUT2D eigenvalue weighted by Crippen LogP contribution is -2.10. The summed E-state index contributed by atoms with van der Waals surface area (Å²) in [6.07, 6.45) is 4.81. The topological polar surface area (TPSA) is 65.1 Å². The number of rotatable bonds is 6. The van der Waals surface area contributed by atoms with Crippen molar-refractivity contribution in [2.24, 2.45) is 5.73 Å². The zero-order valence-corrected chi connectivity index (χ0v) is 10.1. The van der Waals surface area contributed by atoms with Crippen LogP contribution in [0.4, 0.5) is 0 Å². The second-order valence-corrected chi connectivity index (χ2v) is 4.34. The number of aromatic nitrogens is 1. The van der Waals surface area contributed by atoms with Gasteiger partial charge in [-0.25, -0.2) is 0 Å². The molecule has 1 aromatic carbocycles. The summed E-state index contributed by atoms with van der Waals surface area (Å²) in [5, 5.41) is 0.974. The van der Waals surface area contributed by atoms with Crippen LogP contribution in [-0.4, -0.2) is 16.8 Å². The summed E-state index contributed by atoms with van der Waals surface area (Å²) in [5.41, 5.74) is 6.86. The Morgan fingerprint density at radius 3 is 2.78 bits per heavy atom. The Kier molecular flexibility index (Phi) is 3.77. The van der Waals surface area contributed by atoms with Gasteiger partial charge < -0.3 is 10.3 Å². The van der Waals surface area contributed by atoms with Crippen LogP contribution in [0.3, 0.4) is 0 Å². The van der Waals surface area contributed by atoms with Crippen molar-refractivity contribution in [3.8, 4) is 0 Å². The molecular weight excluding hydrogens is 228 g/mol. The number of primary amides is 1. The van der Waals surface area contributed by atoms with E-state index in [0.29, 0.717) is 12.0 Å². The van der Waals surface area contributed by atoms with Gasteiger partial charge in [-0.2, -0.15) is 0 Å². The van der Waals surface area contributed by atoms with Crippen LogP contribution in [0.5, 0.6) is 0 Å². The maximum atomic E-state index is 11.0. The molecule has 0 unspecified atom stereocenters. The normalized spacial score (nSPS) is 10.7. The van der Waals surface area contributed by atoms with Gasteiger partial charge >= 0.3 is 0 Å². The Balaban J connectivity index is 2.13. The number of carbonyl (C=O) groups excluding carboxylic acids is 2. The van der Waals surface area contributed by atoms with Crippen LogP contribution >= 0.6 is 0 Å². The van der Waals surface area contributed by atoms with E-state index < -0.39 is 0 Å². The molecule has 2 rings (SSSR count). The van der Waals surface area contributed by atoms with Gasteiger partial charge in [-0.15, -0.1) is 0 Å². The van der Waals surface area contributed by atoms with Gasteiger partial charge in [0.15, 0.2) is 6.29 Å². The first-order chi connectivity index (χ1) is 8.72. The summed E-state index contributed by atoms with van der Waals surface area (Å²) in [5.74, 6) is -0.263. The zero-order valence-electron chi connectivity index (χ0n) is 10.1. The van der Waals surface area contributed by atoms with Gasteiger partial charge in [0.1, 0.15) is 0 Å². The van der Waals surface area contributed by atoms with Crippen molar-refractivity contribution in [1.29, 1.82) is 0 Å². The lowest BCUT2D eigenvalue weighted by molar-refractivity contribution is -0.118. The fraction of sp³-hybridized carbons (Fsp3) is 0.286. The van der Waals surface area contributed by atoms with Gasteiger partial charge in [0.2, 0.25) is 5.91 Å². The van der Waals surface area contributed by atoms with E-state index in [0.717, 1.165) is 36.6 Å². The summed E-state index contributed by atoms with van der Waals surface area (Å²) in [6.45, 7) is 0.793. The second-order valence-electron chi connectivity index (χ2n) is 4.34. The van der Waals surface area contributed by atoms with Crippen LogP contribution in [0.25, 0.3) is 10.9 Å². The van der Waals surface area contributed by atoms with E-state index in [4.69, 9.17) is 5.73 Å². The summed E-state index contributed by atoms with van der Waals surface area (Å²) in [4.78, 5) is 21.6. The third kappa shape index (κ3) is 2.59. The standard InChI is InChI=1S/C14H16N2O2/c15-14(18)7-3-4-8-16-9-11(10-17)12-5-1-2-6-13(12)16/h1-2,5-6,9-10H,3-4,7-8H2,(H2,15,18). The first-order valence-corrected chi connectivity index (χ1v) is 6.03. The lowest BCUT2D eigenvalue weighted by atomic mass is 10.2. The number of amides is 1. The third-order valence-electron chi connectivity index (χ3n) is 3.02.